The minimum absolute atomic E-state index is 0.199. The van der Waals surface area contributed by atoms with Crippen LogP contribution in [0, 0.1) is 16.0 Å². The number of ether oxygens (including phenoxy) is 1. The molecule has 2 unspecified atom stereocenters. The number of likely N-dealkylation sites (N-methyl/N-ethyl adjacent to an activating group) is 1. The van der Waals surface area contributed by atoms with Crippen molar-refractivity contribution in [3.05, 3.63) is 32.5 Å². The standard InChI is InChI=1S/C12H14N2O5S/c1-13(5-8-2-3-20-7-8)11(15)6-19-12(16)9-4-10(9)14(17)18/h2-3,7,9-10H,4-6H2,1H3. The van der Waals surface area contributed by atoms with Gasteiger partial charge in [-0.25, -0.2) is 0 Å². The number of carbonyl (C=O) groups is 2. The SMILES string of the molecule is CN(Cc1ccsc1)C(=O)COC(=O)C1CC1[N+](=O)[O-]. The Morgan fingerprint density at radius 1 is 1.60 bits per heavy atom. The molecule has 0 saturated heterocycles. The summed E-state index contributed by atoms with van der Waals surface area (Å²) < 4.78 is 4.82. The van der Waals surface area contributed by atoms with Crippen molar-refractivity contribution in [2.45, 2.75) is 19.0 Å². The molecule has 20 heavy (non-hydrogen) atoms. The topological polar surface area (TPSA) is 89.8 Å². The van der Waals surface area contributed by atoms with Crippen molar-refractivity contribution < 1.29 is 19.2 Å². The summed E-state index contributed by atoms with van der Waals surface area (Å²) in [4.78, 5) is 34.6. The zero-order chi connectivity index (χ0) is 14.7. The van der Waals surface area contributed by atoms with E-state index in [0.717, 1.165) is 5.56 Å². The summed E-state index contributed by atoms with van der Waals surface area (Å²) in [7, 11) is 1.62. The molecule has 1 heterocycles. The van der Waals surface area contributed by atoms with Crippen LogP contribution in [0.3, 0.4) is 0 Å². The van der Waals surface area contributed by atoms with Crippen molar-refractivity contribution in [2.75, 3.05) is 13.7 Å². The second-order valence-corrected chi connectivity index (χ2v) is 5.46. The molecule has 0 N–H and O–H groups in total. The Kier molecular flexibility index (Phi) is 4.33. The number of nitrogens with zero attached hydrogens (tertiary/aromatic N) is 2. The van der Waals surface area contributed by atoms with Crippen LogP contribution in [-0.4, -0.2) is 41.4 Å². The number of hydrogen-bond acceptors (Lipinski definition) is 6. The lowest BCUT2D eigenvalue weighted by atomic mass is 10.3. The number of rotatable bonds is 6. The first-order chi connectivity index (χ1) is 9.49. The van der Waals surface area contributed by atoms with E-state index in [1.54, 1.807) is 7.05 Å². The number of carbonyl (C=O) groups excluding carboxylic acids is 2. The molecule has 0 bridgehead atoms. The Morgan fingerprint density at radius 3 is 2.90 bits per heavy atom. The van der Waals surface area contributed by atoms with Gasteiger partial charge in [-0.3, -0.25) is 19.7 Å². The van der Waals surface area contributed by atoms with Gasteiger partial charge >= 0.3 is 5.97 Å². The summed E-state index contributed by atoms with van der Waals surface area (Å²) in [6.07, 6.45) is 0.199. The molecule has 1 aromatic rings. The van der Waals surface area contributed by atoms with Gasteiger partial charge in [0.05, 0.1) is 0 Å². The van der Waals surface area contributed by atoms with Crippen LogP contribution in [0.15, 0.2) is 16.8 Å². The van der Waals surface area contributed by atoms with Crippen LogP contribution >= 0.6 is 11.3 Å². The molecule has 0 aromatic carbocycles. The summed E-state index contributed by atoms with van der Waals surface area (Å²) >= 11 is 1.54. The minimum Gasteiger partial charge on any atom is -0.455 e. The van der Waals surface area contributed by atoms with Gasteiger partial charge in [0, 0.05) is 24.9 Å². The maximum atomic E-state index is 11.8. The summed E-state index contributed by atoms with van der Waals surface area (Å²) in [6, 6.07) is 1.06. The first-order valence-electron chi connectivity index (χ1n) is 6.04. The van der Waals surface area contributed by atoms with E-state index >= 15 is 0 Å². The molecule has 2 rings (SSSR count). The van der Waals surface area contributed by atoms with E-state index in [-0.39, 0.29) is 18.9 Å². The van der Waals surface area contributed by atoms with E-state index in [1.165, 1.54) is 16.2 Å². The van der Waals surface area contributed by atoms with E-state index in [1.807, 2.05) is 16.8 Å². The van der Waals surface area contributed by atoms with Crippen molar-refractivity contribution in [3.63, 3.8) is 0 Å². The van der Waals surface area contributed by atoms with E-state index < -0.39 is 22.9 Å². The van der Waals surface area contributed by atoms with Gasteiger partial charge in [0.15, 0.2) is 6.61 Å². The molecule has 108 valence electrons. The molecule has 1 aromatic heterocycles. The zero-order valence-electron chi connectivity index (χ0n) is 10.9. The van der Waals surface area contributed by atoms with Gasteiger partial charge in [-0.05, 0) is 22.4 Å². The molecule has 0 spiro atoms. The second kappa shape index (κ2) is 6.00. The first kappa shape index (κ1) is 14.4. The van der Waals surface area contributed by atoms with E-state index in [4.69, 9.17) is 4.74 Å². The molecule has 8 heteroatoms. The monoisotopic (exact) mass is 298 g/mol. The Labute approximate surface area is 119 Å². The molecule has 2 atom stereocenters. The smallest absolute Gasteiger partial charge is 0.316 e. The highest BCUT2D eigenvalue weighted by molar-refractivity contribution is 7.07. The fraction of sp³-hybridized carbons (Fsp3) is 0.500. The molecule has 0 radical (unpaired) electrons. The number of amides is 1. The van der Waals surface area contributed by atoms with Crippen molar-refractivity contribution in [1.29, 1.82) is 0 Å². The lowest BCUT2D eigenvalue weighted by Gasteiger charge is -2.16. The first-order valence-corrected chi connectivity index (χ1v) is 6.98. The molecular weight excluding hydrogens is 284 g/mol. The van der Waals surface area contributed by atoms with Crippen LogP contribution in [0.5, 0.6) is 0 Å². The number of thiophene rings is 1. The quantitative estimate of drug-likeness (QED) is 0.442. The van der Waals surface area contributed by atoms with Crippen LogP contribution in [0.2, 0.25) is 0 Å². The second-order valence-electron chi connectivity index (χ2n) is 4.68. The lowest BCUT2D eigenvalue weighted by Crippen LogP contribution is -2.31. The van der Waals surface area contributed by atoms with Crippen molar-refractivity contribution in [2.24, 2.45) is 5.92 Å². The molecule has 1 saturated carbocycles. The third-order valence-corrected chi connectivity index (χ3v) is 3.83. The van der Waals surface area contributed by atoms with Crippen LogP contribution in [0.25, 0.3) is 0 Å². The van der Waals surface area contributed by atoms with Gasteiger partial charge in [-0.2, -0.15) is 11.3 Å². The largest absolute Gasteiger partial charge is 0.455 e. The van der Waals surface area contributed by atoms with Gasteiger partial charge in [0.1, 0.15) is 5.92 Å². The van der Waals surface area contributed by atoms with Crippen molar-refractivity contribution >= 4 is 23.2 Å². The molecule has 7 nitrogen and oxygen atoms in total. The highest BCUT2D eigenvalue weighted by Crippen LogP contribution is 2.34. The summed E-state index contributed by atoms with van der Waals surface area (Å²) in [5, 5.41) is 14.3. The summed E-state index contributed by atoms with van der Waals surface area (Å²) in [5.74, 6) is -1.69. The Bertz CT molecular complexity index is 516. The maximum Gasteiger partial charge on any atom is 0.316 e. The highest BCUT2D eigenvalue weighted by Gasteiger charge is 2.54. The van der Waals surface area contributed by atoms with Gasteiger partial charge in [-0.1, -0.05) is 0 Å². The average molecular weight is 298 g/mol. The normalized spacial score (nSPS) is 20.2. The molecule has 1 fully saturated rings. The molecule has 1 aliphatic rings. The fourth-order valence-electron chi connectivity index (χ4n) is 1.76. The van der Waals surface area contributed by atoms with Crippen molar-refractivity contribution in [1.82, 2.24) is 4.90 Å². The number of nitro groups is 1. The van der Waals surface area contributed by atoms with Crippen LogP contribution < -0.4 is 0 Å². The number of esters is 1. The highest BCUT2D eigenvalue weighted by atomic mass is 32.1. The van der Waals surface area contributed by atoms with E-state index in [2.05, 4.69) is 0 Å². The van der Waals surface area contributed by atoms with E-state index in [9.17, 15) is 19.7 Å². The Morgan fingerprint density at radius 2 is 2.35 bits per heavy atom. The molecular formula is C12H14N2O5S. The van der Waals surface area contributed by atoms with Gasteiger partial charge < -0.3 is 9.64 Å². The molecule has 0 aliphatic heterocycles. The summed E-state index contributed by atoms with van der Waals surface area (Å²) in [6.45, 7) is 0.0707. The Balaban J connectivity index is 1.72. The van der Waals surface area contributed by atoms with Crippen LogP contribution in [0.4, 0.5) is 0 Å². The van der Waals surface area contributed by atoms with Gasteiger partial charge in [-0.15, -0.1) is 0 Å². The van der Waals surface area contributed by atoms with E-state index in [0.29, 0.717) is 6.54 Å². The Hall–Kier alpha value is -1.96. The van der Waals surface area contributed by atoms with Gasteiger partial charge in [0.2, 0.25) is 6.04 Å². The third kappa shape index (κ3) is 3.53. The third-order valence-electron chi connectivity index (χ3n) is 3.09. The lowest BCUT2D eigenvalue weighted by molar-refractivity contribution is -0.497. The molecule has 1 amide bonds. The number of hydrogen-bond donors (Lipinski definition) is 0. The van der Waals surface area contributed by atoms with Crippen LogP contribution in [-0.2, 0) is 20.9 Å². The van der Waals surface area contributed by atoms with Gasteiger partial charge in [0.25, 0.3) is 5.91 Å². The van der Waals surface area contributed by atoms with Crippen molar-refractivity contribution in [3.8, 4) is 0 Å². The predicted octanol–water partition coefficient (Wildman–Crippen LogP) is 0.915. The maximum absolute atomic E-state index is 11.8. The summed E-state index contributed by atoms with van der Waals surface area (Å²) in [5.41, 5.74) is 1.01. The zero-order valence-corrected chi connectivity index (χ0v) is 11.7. The molecule has 1 aliphatic carbocycles. The average Bonchev–Trinajstić information content (AvgIpc) is 3.07. The predicted molar refractivity (Wildman–Crippen MR) is 70.6 cm³/mol. The fourth-order valence-corrected chi connectivity index (χ4v) is 2.42. The minimum atomic E-state index is -0.846. The van der Waals surface area contributed by atoms with Crippen LogP contribution in [0.1, 0.15) is 12.0 Å².